The standard InChI is InChI=1S/C30H36N2O7S/c1-40(34,35)32-27-16-26(9-10-28(27)39-19-21-5-3-2-4-6-21)38-20-25(33)18-31-17-22-7-8-23-14-29-30(15-24(23)13-22)37-12-11-36-29/h2-6,9-10,14-16,22,25,31-33H,7-8,11-13,17-20H2,1H3/t22?,25-/m0/s1. The number of fused-ring (bicyclic) bond motifs is 2. The molecule has 0 bridgehead atoms. The third-order valence-corrected chi connectivity index (χ3v) is 7.52. The highest BCUT2D eigenvalue weighted by molar-refractivity contribution is 7.92. The van der Waals surface area contributed by atoms with Crippen LogP contribution >= 0.6 is 0 Å². The zero-order valence-corrected chi connectivity index (χ0v) is 23.4. The van der Waals surface area contributed by atoms with Gasteiger partial charge in [0.05, 0.1) is 11.9 Å². The summed E-state index contributed by atoms with van der Waals surface area (Å²) in [6.07, 6.45) is 3.38. The normalized spacial score (nSPS) is 17.0. The SMILES string of the molecule is CS(=O)(=O)Nc1cc(OC[C@@H](O)CNCC2CCc3cc4c(cc3C2)OCCO4)ccc1OCc1ccccc1. The Morgan fingerprint density at radius 2 is 1.75 bits per heavy atom. The van der Waals surface area contributed by atoms with Crippen molar-refractivity contribution in [3.8, 4) is 23.0 Å². The van der Waals surface area contributed by atoms with E-state index in [9.17, 15) is 13.5 Å². The second-order valence-corrected chi connectivity index (χ2v) is 12.1. The van der Waals surface area contributed by atoms with Gasteiger partial charge in [-0.05, 0) is 72.7 Å². The number of rotatable bonds is 12. The minimum absolute atomic E-state index is 0.0620. The van der Waals surface area contributed by atoms with E-state index in [0.29, 0.717) is 43.8 Å². The van der Waals surface area contributed by atoms with Gasteiger partial charge in [0.1, 0.15) is 44.0 Å². The lowest BCUT2D eigenvalue weighted by atomic mass is 9.83. The first-order valence-electron chi connectivity index (χ1n) is 13.5. The number of benzene rings is 3. The van der Waals surface area contributed by atoms with E-state index < -0.39 is 16.1 Å². The summed E-state index contributed by atoms with van der Waals surface area (Å²) < 4.78 is 49.4. The Balaban J connectivity index is 1.10. The van der Waals surface area contributed by atoms with Gasteiger partial charge in [-0.1, -0.05) is 30.3 Å². The van der Waals surface area contributed by atoms with E-state index in [-0.39, 0.29) is 12.3 Å². The van der Waals surface area contributed by atoms with Crippen LogP contribution in [0.4, 0.5) is 5.69 Å². The van der Waals surface area contributed by atoms with Crippen molar-refractivity contribution in [3.63, 3.8) is 0 Å². The maximum Gasteiger partial charge on any atom is 0.229 e. The molecule has 3 aromatic carbocycles. The number of aliphatic hydroxyl groups excluding tert-OH is 1. The number of nitrogens with one attached hydrogen (secondary N) is 2. The topological polar surface area (TPSA) is 115 Å². The summed E-state index contributed by atoms with van der Waals surface area (Å²) >= 11 is 0. The Kier molecular flexibility index (Phi) is 8.98. The van der Waals surface area contributed by atoms with Crippen LogP contribution < -0.4 is 29.0 Å². The van der Waals surface area contributed by atoms with Gasteiger partial charge in [0.25, 0.3) is 0 Å². The number of hydrogen-bond donors (Lipinski definition) is 3. The second-order valence-electron chi connectivity index (χ2n) is 10.3. The molecule has 40 heavy (non-hydrogen) atoms. The van der Waals surface area contributed by atoms with E-state index in [0.717, 1.165) is 49.1 Å². The zero-order valence-electron chi connectivity index (χ0n) is 22.6. The van der Waals surface area contributed by atoms with Crippen LogP contribution in [0, 0.1) is 5.92 Å². The van der Waals surface area contributed by atoms with Gasteiger partial charge in [-0.25, -0.2) is 8.42 Å². The molecule has 2 atom stereocenters. The summed E-state index contributed by atoms with van der Waals surface area (Å²) in [5.74, 6) is 2.96. The van der Waals surface area contributed by atoms with Gasteiger partial charge in [0, 0.05) is 12.6 Å². The highest BCUT2D eigenvalue weighted by Gasteiger charge is 2.23. The van der Waals surface area contributed by atoms with Crippen molar-refractivity contribution in [3.05, 3.63) is 77.4 Å². The van der Waals surface area contributed by atoms with Gasteiger partial charge >= 0.3 is 0 Å². The van der Waals surface area contributed by atoms with Crippen LogP contribution in [0.15, 0.2) is 60.7 Å². The quantitative estimate of drug-likeness (QED) is 0.304. The highest BCUT2D eigenvalue weighted by Crippen LogP contribution is 2.37. The van der Waals surface area contributed by atoms with Crippen molar-refractivity contribution < 1.29 is 32.5 Å². The largest absolute Gasteiger partial charge is 0.491 e. The first kappa shape index (κ1) is 28.1. The van der Waals surface area contributed by atoms with E-state index in [2.05, 4.69) is 22.2 Å². The van der Waals surface area contributed by atoms with Crippen LogP contribution in [0.2, 0.25) is 0 Å². The Bertz CT molecular complexity index is 1400. The molecule has 0 spiro atoms. The van der Waals surface area contributed by atoms with Crippen LogP contribution in [0.3, 0.4) is 0 Å². The molecule has 1 heterocycles. The molecule has 0 fully saturated rings. The summed E-state index contributed by atoms with van der Waals surface area (Å²) in [5.41, 5.74) is 3.87. The maximum atomic E-state index is 11.9. The molecule has 1 aliphatic carbocycles. The predicted octanol–water partition coefficient (Wildman–Crippen LogP) is 3.54. The Hall–Kier alpha value is -3.47. The first-order chi connectivity index (χ1) is 19.3. The zero-order chi connectivity index (χ0) is 28.0. The average Bonchev–Trinajstić information content (AvgIpc) is 2.94. The van der Waals surface area contributed by atoms with Crippen molar-refractivity contribution in [1.29, 1.82) is 0 Å². The fourth-order valence-corrected chi connectivity index (χ4v) is 5.55. The molecule has 3 aromatic rings. The smallest absolute Gasteiger partial charge is 0.229 e. The third kappa shape index (κ3) is 7.80. The average molecular weight is 569 g/mol. The van der Waals surface area contributed by atoms with Crippen molar-refractivity contribution in [2.75, 3.05) is 43.9 Å². The molecular weight excluding hydrogens is 532 g/mol. The number of sulfonamides is 1. The molecule has 3 N–H and O–H groups in total. The summed E-state index contributed by atoms with van der Waals surface area (Å²) in [6, 6.07) is 18.8. The fraction of sp³-hybridized carbons (Fsp3) is 0.400. The van der Waals surface area contributed by atoms with Crippen LogP contribution in [0.5, 0.6) is 23.0 Å². The van der Waals surface area contributed by atoms with Gasteiger partial charge < -0.3 is 29.4 Å². The van der Waals surface area contributed by atoms with E-state index in [1.165, 1.54) is 11.1 Å². The lowest BCUT2D eigenvalue weighted by Crippen LogP contribution is -2.35. The fourth-order valence-electron chi connectivity index (χ4n) is 4.99. The Labute approximate surface area is 235 Å². The molecule has 214 valence electrons. The molecule has 5 rings (SSSR count). The van der Waals surface area contributed by atoms with Crippen LogP contribution in [0.1, 0.15) is 23.1 Å². The molecule has 0 saturated heterocycles. The van der Waals surface area contributed by atoms with Crippen molar-refractivity contribution in [1.82, 2.24) is 5.32 Å². The van der Waals surface area contributed by atoms with E-state index in [4.69, 9.17) is 18.9 Å². The Morgan fingerprint density at radius 1 is 1.00 bits per heavy atom. The first-order valence-corrected chi connectivity index (χ1v) is 15.4. The number of anilines is 1. The lowest BCUT2D eigenvalue weighted by molar-refractivity contribution is 0.105. The molecule has 9 nitrogen and oxygen atoms in total. The molecule has 10 heteroatoms. The molecule has 1 aliphatic heterocycles. The van der Waals surface area contributed by atoms with Crippen molar-refractivity contribution >= 4 is 15.7 Å². The van der Waals surface area contributed by atoms with Gasteiger partial charge in [0.15, 0.2) is 11.5 Å². The van der Waals surface area contributed by atoms with Crippen LogP contribution in [-0.2, 0) is 29.5 Å². The molecule has 0 amide bonds. The summed E-state index contributed by atoms with van der Waals surface area (Å²) in [7, 11) is -3.53. The number of ether oxygens (including phenoxy) is 4. The van der Waals surface area contributed by atoms with Gasteiger partial charge in [-0.2, -0.15) is 0 Å². The van der Waals surface area contributed by atoms with Crippen molar-refractivity contribution in [2.45, 2.75) is 32.0 Å². The van der Waals surface area contributed by atoms with Crippen LogP contribution in [0.25, 0.3) is 0 Å². The molecular formula is C30H36N2O7S. The highest BCUT2D eigenvalue weighted by atomic mass is 32.2. The minimum atomic E-state index is -3.53. The van der Waals surface area contributed by atoms with E-state index >= 15 is 0 Å². The number of aryl methyl sites for hydroxylation is 1. The predicted molar refractivity (Wildman–Crippen MR) is 153 cm³/mol. The van der Waals surface area contributed by atoms with E-state index in [1.54, 1.807) is 18.2 Å². The van der Waals surface area contributed by atoms with E-state index in [1.807, 2.05) is 30.3 Å². The van der Waals surface area contributed by atoms with Crippen molar-refractivity contribution in [2.24, 2.45) is 5.92 Å². The molecule has 0 saturated carbocycles. The second kappa shape index (κ2) is 12.8. The van der Waals surface area contributed by atoms with Gasteiger partial charge in [-0.15, -0.1) is 0 Å². The number of aliphatic hydroxyl groups is 1. The van der Waals surface area contributed by atoms with Gasteiger partial charge in [-0.3, -0.25) is 4.72 Å². The third-order valence-electron chi connectivity index (χ3n) is 6.93. The van der Waals surface area contributed by atoms with Gasteiger partial charge in [0.2, 0.25) is 10.0 Å². The Morgan fingerprint density at radius 3 is 2.50 bits per heavy atom. The maximum absolute atomic E-state index is 11.9. The summed E-state index contributed by atoms with van der Waals surface area (Å²) in [5, 5.41) is 13.9. The molecule has 2 aliphatic rings. The molecule has 0 radical (unpaired) electrons. The summed E-state index contributed by atoms with van der Waals surface area (Å²) in [6.45, 7) is 2.71. The minimum Gasteiger partial charge on any atom is -0.491 e. The molecule has 1 unspecified atom stereocenters. The monoisotopic (exact) mass is 568 g/mol. The lowest BCUT2D eigenvalue weighted by Gasteiger charge is -2.28. The summed E-state index contributed by atoms with van der Waals surface area (Å²) in [4.78, 5) is 0. The van der Waals surface area contributed by atoms with Crippen LogP contribution in [-0.4, -0.2) is 58.8 Å². The molecule has 0 aromatic heterocycles. The number of hydrogen-bond acceptors (Lipinski definition) is 8.